The zero-order valence-corrected chi connectivity index (χ0v) is 11.5. The predicted molar refractivity (Wildman–Crippen MR) is 79.7 cm³/mol. The molecule has 1 saturated heterocycles. The second kappa shape index (κ2) is 4.88. The molecule has 0 spiro atoms. The van der Waals surface area contributed by atoms with Crippen LogP contribution in [0.25, 0.3) is 11.1 Å². The van der Waals surface area contributed by atoms with Gasteiger partial charge in [-0.2, -0.15) is 4.98 Å². The SMILES string of the molecule is Fc1ccc(C2CCCN2c2nc3ccccc3o2)cc1. The number of para-hydroxylation sites is 2. The molecule has 1 aliphatic rings. The van der Waals surface area contributed by atoms with E-state index < -0.39 is 0 Å². The maximum Gasteiger partial charge on any atom is 0.298 e. The Hall–Kier alpha value is -2.36. The third-order valence-electron chi connectivity index (χ3n) is 4.04. The molecule has 1 aliphatic heterocycles. The van der Waals surface area contributed by atoms with Crippen LogP contribution in [0.2, 0.25) is 0 Å². The van der Waals surface area contributed by atoms with Crippen molar-refractivity contribution < 1.29 is 8.81 Å². The Labute approximate surface area is 122 Å². The summed E-state index contributed by atoms with van der Waals surface area (Å²) in [7, 11) is 0. The van der Waals surface area contributed by atoms with E-state index in [1.807, 2.05) is 36.4 Å². The number of nitrogens with zero attached hydrogens (tertiary/aromatic N) is 2. The molecule has 1 unspecified atom stereocenters. The van der Waals surface area contributed by atoms with E-state index in [1.165, 1.54) is 12.1 Å². The van der Waals surface area contributed by atoms with Crippen LogP contribution >= 0.6 is 0 Å². The second-order valence-corrected chi connectivity index (χ2v) is 5.37. The number of hydrogen-bond donors (Lipinski definition) is 0. The van der Waals surface area contributed by atoms with Crippen molar-refractivity contribution in [1.82, 2.24) is 4.98 Å². The van der Waals surface area contributed by atoms with Crippen LogP contribution in [0.5, 0.6) is 0 Å². The zero-order chi connectivity index (χ0) is 14.2. The summed E-state index contributed by atoms with van der Waals surface area (Å²) >= 11 is 0. The molecule has 4 heteroatoms. The molecule has 3 aromatic rings. The molecular formula is C17H15FN2O. The summed E-state index contributed by atoms with van der Waals surface area (Å²) in [6.45, 7) is 0.912. The van der Waals surface area contributed by atoms with Crippen LogP contribution in [-0.2, 0) is 0 Å². The summed E-state index contributed by atoms with van der Waals surface area (Å²) < 4.78 is 19.0. The van der Waals surface area contributed by atoms with E-state index >= 15 is 0 Å². The number of fused-ring (bicyclic) bond motifs is 1. The number of benzene rings is 2. The van der Waals surface area contributed by atoms with Gasteiger partial charge in [-0.05, 0) is 42.7 Å². The maximum atomic E-state index is 13.1. The smallest absolute Gasteiger partial charge is 0.298 e. The first-order valence-corrected chi connectivity index (χ1v) is 7.19. The van der Waals surface area contributed by atoms with Gasteiger partial charge in [-0.3, -0.25) is 0 Å². The standard InChI is InChI=1S/C17H15FN2O/c18-13-9-7-12(8-10-13)15-5-3-11-20(15)17-19-14-4-1-2-6-16(14)21-17/h1-2,4,6-10,15H,3,5,11H2. The first kappa shape index (κ1) is 12.4. The number of hydrogen-bond acceptors (Lipinski definition) is 3. The minimum Gasteiger partial charge on any atom is -0.423 e. The van der Waals surface area contributed by atoms with Crippen molar-refractivity contribution in [2.45, 2.75) is 18.9 Å². The summed E-state index contributed by atoms with van der Waals surface area (Å²) in [6, 6.07) is 15.4. The van der Waals surface area contributed by atoms with Crippen LogP contribution in [0.3, 0.4) is 0 Å². The third kappa shape index (κ3) is 2.17. The van der Waals surface area contributed by atoms with Crippen LogP contribution in [0.15, 0.2) is 52.9 Å². The Morgan fingerprint density at radius 2 is 1.90 bits per heavy atom. The number of halogens is 1. The molecule has 2 aromatic carbocycles. The average Bonchev–Trinajstić information content (AvgIpc) is 3.14. The Morgan fingerprint density at radius 1 is 1.10 bits per heavy atom. The van der Waals surface area contributed by atoms with Crippen molar-refractivity contribution in [2.24, 2.45) is 0 Å². The average molecular weight is 282 g/mol. The molecule has 1 aromatic heterocycles. The second-order valence-electron chi connectivity index (χ2n) is 5.37. The van der Waals surface area contributed by atoms with Crippen molar-refractivity contribution in [3.63, 3.8) is 0 Å². The van der Waals surface area contributed by atoms with Crippen LogP contribution < -0.4 is 4.90 Å². The van der Waals surface area contributed by atoms with Gasteiger partial charge < -0.3 is 9.32 Å². The highest BCUT2D eigenvalue weighted by Gasteiger charge is 2.29. The normalized spacial score (nSPS) is 18.5. The molecule has 1 atom stereocenters. The molecule has 0 amide bonds. The van der Waals surface area contributed by atoms with Crippen molar-refractivity contribution in [1.29, 1.82) is 0 Å². The summed E-state index contributed by atoms with van der Waals surface area (Å²) in [5.74, 6) is -0.204. The zero-order valence-electron chi connectivity index (χ0n) is 11.5. The van der Waals surface area contributed by atoms with E-state index in [-0.39, 0.29) is 11.9 Å². The molecule has 4 rings (SSSR count). The van der Waals surface area contributed by atoms with E-state index in [9.17, 15) is 4.39 Å². The topological polar surface area (TPSA) is 29.3 Å². The van der Waals surface area contributed by atoms with Crippen LogP contribution in [0, 0.1) is 5.82 Å². The maximum absolute atomic E-state index is 13.1. The minimum absolute atomic E-state index is 0.204. The minimum atomic E-state index is -0.204. The monoisotopic (exact) mass is 282 g/mol. The third-order valence-corrected chi connectivity index (χ3v) is 4.04. The summed E-state index contributed by atoms with van der Waals surface area (Å²) in [4.78, 5) is 6.75. The van der Waals surface area contributed by atoms with Crippen molar-refractivity contribution in [2.75, 3.05) is 11.4 Å². The highest BCUT2D eigenvalue weighted by Crippen LogP contribution is 2.36. The summed E-state index contributed by atoms with van der Waals surface area (Å²) in [5, 5.41) is 0. The Bertz CT molecular complexity index is 733. The fourth-order valence-corrected chi connectivity index (χ4v) is 3.01. The number of oxazole rings is 1. The fourth-order valence-electron chi connectivity index (χ4n) is 3.01. The van der Waals surface area contributed by atoms with Gasteiger partial charge in [-0.15, -0.1) is 0 Å². The van der Waals surface area contributed by atoms with E-state index in [1.54, 1.807) is 0 Å². The molecule has 106 valence electrons. The van der Waals surface area contributed by atoms with E-state index in [4.69, 9.17) is 4.42 Å². The molecule has 1 fully saturated rings. The van der Waals surface area contributed by atoms with E-state index in [2.05, 4.69) is 9.88 Å². The summed E-state index contributed by atoms with van der Waals surface area (Å²) in [6.07, 6.45) is 2.12. The van der Waals surface area contributed by atoms with Gasteiger partial charge >= 0.3 is 0 Å². The van der Waals surface area contributed by atoms with Gasteiger partial charge in [0.25, 0.3) is 6.01 Å². The Kier molecular flexibility index (Phi) is 2.88. The highest BCUT2D eigenvalue weighted by molar-refractivity contribution is 5.74. The number of aromatic nitrogens is 1. The van der Waals surface area contributed by atoms with Gasteiger partial charge in [0, 0.05) is 6.54 Å². The van der Waals surface area contributed by atoms with Gasteiger partial charge in [0.2, 0.25) is 0 Å². The van der Waals surface area contributed by atoms with Crippen molar-refractivity contribution in [3.8, 4) is 0 Å². The molecule has 2 heterocycles. The van der Waals surface area contributed by atoms with E-state index in [0.717, 1.165) is 36.0 Å². The largest absolute Gasteiger partial charge is 0.423 e. The lowest BCUT2D eigenvalue weighted by atomic mass is 10.0. The molecule has 0 bridgehead atoms. The summed E-state index contributed by atoms with van der Waals surface area (Å²) in [5.41, 5.74) is 2.78. The van der Waals surface area contributed by atoms with Gasteiger partial charge in [0.1, 0.15) is 11.3 Å². The quantitative estimate of drug-likeness (QED) is 0.701. The lowest BCUT2D eigenvalue weighted by Crippen LogP contribution is -2.22. The van der Waals surface area contributed by atoms with E-state index in [0.29, 0.717) is 6.01 Å². The lowest BCUT2D eigenvalue weighted by molar-refractivity contribution is 0.556. The van der Waals surface area contributed by atoms with Gasteiger partial charge in [-0.1, -0.05) is 24.3 Å². The molecule has 0 aliphatic carbocycles. The Balaban J connectivity index is 1.71. The highest BCUT2D eigenvalue weighted by atomic mass is 19.1. The molecule has 0 saturated carbocycles. The lowest BCUT2D eigenvalue weighted by Gasteiger charge is -2.23. The van der Waals surface area contributed by atoms with Crippen LogP contribution in [-0.4, -0.2) is 11.5 Å². The van der Waals surface area contributed by atoms with Crippen molar-refractivity contribution in [3.05, 3.63) is 59.9 Å². The fraction of sp³-hybridized carbons (Fsp3) is 0.235. The first-order chi connectivity index (χ1) is 10.3. The van der Waals surface area contributed by atoms with Gasteiger partial charge in [-0.25, -0.2) is 4.39 Å². The van der Waals surface area contributed by atoms with Crippen LogP contribution in [0.4, 0.5) is 10.4 Å². The van der Waals surface area contributed by atoms with Crippen LogP contribution in [0.1, 0.15) is 24.4 Å². The molecule has 0 N–H and O–H groups in total. The Morgan fingerprint density at radius 3 is 2.71 bits per heavy atom. The molecule has 21 heavy (non-hydrogen) atoms. The first-order valence-electron chi connectivity index (χ1n) is 7.19. The molecular weight excluding hydrogens is 267 g/mol. The predicted octanol–water partition coefficient (Wildman–Crippen LogP) is 4.31. The molecule has 0 radical (unpaired) electrons. The van der Waals surface area contributed by atoms with Gasteiger partial charge in [0.15, 0.2) is 5.58 Å². The van der Waals surface area contributed by atoms with Crippen molar-refractivity contribution >= 4 is 17.1 Å². The number of rotatable bonds is 2. The number of anilines is 1. The molecule has 3 nitrogen and oxygen atoms in total. The van der Waals surface area contributed by atoms with Gasteiger partial charge in [0.05, 0.1) is 6.04 Å².